The van der Waals surface area contributed by atoms with Crippen LogP contribution in [0.4, 0.5) is 9.59 Å². The Bertz CT molecular complexity index is 888. The second-order valence-electron chi connectivity index (χ2n) is 6.86. The zero-order valence-electron chi connectivity index (χ0n) is 14.7. The van der Waals surface area contributed by atoms with Crippen LogP contribution in [0.15, 0.2) is 28.8 Å². The van der Waals surface area contributed by atoms with Gasteiger partial charge in [0, 0.05) is 17.3 Å². The molecule has 4 amide bonds. The number of carboxylic acids is 1. The summed E-state index contributed by atoms with van der Waals surface area (Å²) in [4.78, 5) is 51.6. The quantitative estimate of drug-likeness (QED) is 0.431. The third kappa shape index (κ3) is 3.75. The molecule has 4 heterocycles. The molecule has 0 saturated carbocycles. The molecule has 12 heteroatoms. The van der Waals surface area contributed by atoms with Gasteiger partial charge in [-0.05, 0) is 23.4 Å². The van der Waals surface area contributed by atoms with Crippen molar-refractivity contribution < 1.29 is 29.0 Å². The van der Waals surface area contributed by atoms with Crippen LogP contribution in [0.25, 0.3) is 0 Å². The Morgan fingerprint density at radius 2 is 2.14 bits per heavy atom. The Labute approximate surface area is 191 Å². The molecule has 0 bridgehead atoms. The van der Waals surface area contributed by atoms with Crippen molar-refractivity contribution in [1.29, 1.82) is 0 Å². The van der Waals surface area contributed by atoms with Crippen molar-refractivity contribution in [2.24, 2.45) is 11.7 Å². The van der Waals surface area contributed by atoms with Gasteiger partial charge in [0.25, 0.3) is 5.91 Å². The van der Waals surface area contributed by atoms with Crippen molar-refractivity contribution in [3.05, 3.63) is 33.7 Å². The average Bonchev–Trinajstić information content (AvgIpc) is 3.28. The molecular weight excluding hydrogens is 411 g/mol. The van der Waals surface area contributed by atoms with Crippen molar-refractivity contribution in [3.8, 4) is 0 Å². The summed E-state index contributed by atoms with van der Waals surface area (Å²) in [5.74, 6) is -1.83. The summed E-state index contributed by atoms with van der Waals surface area (Å²) in [5.41, 5.74) is 5.12. The first kappa shape index (κ1) is 21.6. The summed E-state index contributed by atoms with van der Waals surface area (Å²) < 4.78 is 4.75. The van der Waals surface area contributed by atoms with Crippen LogP contribution in [-0.2, 0) is 20.9 Å². The monoisotopic (exact) mass is 430 g/mol. The van der Waals surface area contributed by atoms with Gasteiger partial charge >= 0.3 is 47.7 Å². The van der Waals surface area contributed by atoms with Gasteiger partial charge in [0.2, 0.25) is 0 Å². The van der Waals surface area contributed by atoms with E-state index in [1.165, 1.54) is 21.1 Å². The van der Waals surface area contributed by atoms with E-state index in [0.717, 1.165) is 4.88 Å². The second kappa shape index (κ2) is 8.34. The maximum atomic E-state index is 12.7. The fourth-order valence-corrected chi connectivity index (χ4v) is 4.85. The number of thiophene rings is 1. The molecule has 3 atom stereocenters. The fourth-order valence-electron chi connectivity index (χ4n) is 4.21. The molecule has 150 valence electrons. The van der Waals surface area contributed by atoms with E-state index in [0.29, 0.717) is 25.1 Å². The SMILES string of the molecule is NC(=O)OCC1=C(C(=O)O)N2C(=O)[C@@H]3[C@H]2[C@H](C1)CN3C(=O)NCc1cccs1.[NaH]. The zero-order chi connectivity index (χ0) is 20.0. The van der Waals surface area contributed by atoms with E-state index < -0.39 is 24.0 Å². The number of rotatable bonds is 5. The third-order valence-corrected chi connectivity index (χ3v) is 6.17. The van der Waals surface area contributed by atoms with Crippen molar-refractivity contribution in [3.63, 3.8) is 0 Å². The average molecular weight is 430 g/mol. The Hall–Kier alpha value is -2.08. The number of carbonyl (C=O) groups is 4. The number of hydrogen-bond acceptors (Lipinski definition) is 6. The van der Waals surface area contributed by atoms with Gasteiger partial charge in [0.15, 0.2) is 0 Å². The van der Waals surface area contributed by atoms with Crippen molar-refractivity contribution in [2.45, 2.75) is 25.0 Å². The fraction of sp³-hybridized carbons (Fsp3) is 0.412. The number of nitrogens with one attached hydrogen (secondary N) is 1. The number of nitrogens with zero attached hydrogens (tertiary/aromatic N) is 2. The van der Waals surface area contributed by atoms with Gasteiger partial charge in [-0.15, -0.1) is 11.3 Å². The van der Waals surface area contributed by atoms with Crippen LogP contribution in [0.2, 0.25) is 0 Å². The van der Waals surface area contributed by atoms with Crippen LogP contribution in [0.5, 0.6) is 0 Å². The molecule has 0 radical (unpaired) electrons. The molecular formula is C17H19N4NaO6S. The van der Waals surface area contributed by atoms with Gasteiger partial charge in [-0.1, -0.05) is 6.07 Å². The molecule has 3 aliphatic rings. The number of primary amides is 1. The molecule has 0 unspecified atom stereocenters. The van der Waals surface area contributed by atoms with E-state index in [9.17, 15) is 24.3 Å². The summed E-state index contributed by atoms with van der Waals surface area (Å²) in [7, 11) is 0. The van der Waals surface area contributed by atoms with Crippen molar-refractivity contribution in [2.75, 3.05) is 13.2 Å². The first-order chi connectivity index (χ1) is 13.4. The minimum absolute atomic E-state index is 0. The number of nitrogens with two attached hydrogens (primary N) is 1. The second-order valence-corrected chi connectivity index (χ2v) is 7.90. The zero-order valence-corrected chi connectivity index (χ0v) is 15.5. The first-order valence-corrected chi connectivity index (χ1v) is 9.54. The number of amides is 4. The van der Waals surface area contributed by atoms with Crippen LogP contribution in [0.3, 0.4) is 0 Å². The van der Waals surface area contributed by atoms with Gasteiger partial charge in [-0.25, -0.2) is 14.4 Å². The minimum atomic E-state index is -1.27. The van der Waals surface area contributed by atoms with Gasteiger partial charge in [0.1, 0.15) is 18.3 Å². The van der Waals surface area contributed by atoms with Crippen molar-refractivity contribution in [1.82, 2.24) is 15.1 Å². The van der Waals surface area contributed by atoms with E-state index >= 15 is 0 Å². The van der Waals surface area contributed by atoms with Crippen molar-refractivity contribution >= 4 is 64.9 Å². The van der Waals surface area contributed by atoms with Crippen LogP contribution < -0.4 is 11.1 Å². The van der Waals surface area contributed by atoms with Gasteiger partial charge in [-0.2, -0.15) is 0 Å². The summed E-state index contributed by atoms with van der Waals surface area (Å²) in [6.45, 7) is 0.392. The topological polar surface area (TPSA) is 142 Å². The van der Waals surface area contributed by atoms with Crippen LogP contribution in [-0.4, -0.2) is 93.7 Å². The van der Waals surface area contributed by atoms with Gasteiger partial charge in [-0.3, -0.25) is 9.69 Å². The normalized spacial score (nSPS) is 24.4. The molecule has 29 heavy (non-hydrogen) atoms. The third-order valence-electron chi connectivity index (χ3n) is 5.29. The number of ether oxygens (including phenoxy) is 1. The number of likely N-dealkylation sites (tertiary alicyclic amines) is 1. The summed E-state index contributed by atoms with van der Waals surface area (Å²) in [6.07, 6.45) is -0.706. The standard InChI is InChI=1S/C17H18N4O6S.Na.H/c18-16(25)27-7-9-4-8-6-20(17(26)19-5-10-2-1-3-28-10)13-11(8)21(14(13)22)12(9)15(23)24;;/h1-3,8,11,13H,4-7H2,(H2,18,25)(H,19,26)(H,23,24);;/t8-,11-,13+;;/m1../s1. The number of carbonyl (C=O) groups excluding carboxylic acids is 3. The molecule has 2 saturated heterocycles. The number of β-lactam (4-membered cyclic amide) rings is 1. The number of aliphatic carboxylic acids is 1. The Morgan fingerprint density at radius 3 is 2.76 bits per heavy atom. The summed E-state index contributed by atoms with van der Waals surface area (Å²) >= 11 is 1.52. The molecule has 4 N–H and O–H groups in total. The van der Waals surface area contributed by atoms with Crippen LogP contribution in [0, 0.1) is 5.92 Å². The molecule has 10 nitrogen and oxygen atoms in total. The Morgan fingerprint density at radius 1 is 1.38 bits per heavy atom. The van der Waals surface area contributed by atoms with E-state index in [2.05, 4.69) is 5.32 Å². The molecule has 0 aliphatic carbocycles. The molecule has 1 aromatic heterocycles. The van der Waals surface area contributed by atoms with Gasteiger partial charge in [0.05, 0.1) is 12.6 Å². The number of urea groups is 1. The first-order valence-electron chi connectivity index (χ1n) is 8.66. The maximum absolute atomic E-state index is 12.7. The summed E-state index contributed by atoms with van der Waals surface area (Å²) in [6, 6.07) is 2.40. The molecule has 0 spiro atoms. The van der Waals surface area contributed by atoms with Crippen LogP contribution >= 0.6 is 11.3 Å². The predicted octanol–water partition coefficient (Wildman–Crippen LogP) is -0.342. The van der Waals surface area contributed by atoms with E-state index in [1.54, 1.807) is 0 Å². The molecule has 1 aromatic rings. The van der Waals surface area contributed by atoms with E-state index in [4.69, 9.17) is 10.5 Å². The summed E-state index contributed by atoms with van der Waals surface area (Å²) in [5, 5.41) is 14.3. The van der Waals surface area contributed by atoms with E-state index in [-0.39, 0.29) is 59.9 Å². The number of hydrogen-bond donors (Lipinski definition) is 3. The van der Waals surface area contributed by atoms with E-state index in [1.807, 2.05) is 17.5 Å². The predicted molar refractivity (Wildman–Crippen MR) is 103 cm³/mol. The Balaban J connectivity index is 0.00000240. The Kier molecular flexibility index (Phi) is 6.22. The van der Waals surface area contributed by atoms with Crippen LogP contribution in [0.1, 0.15) is 11.3 Å². The van der Waals surface area contributed by atoms with Gasteiger partial charge < -0.3 is 25.8 Å². The molecule has 2 fully saturated rings. The molecule has 4 rings (SSSR count). The number of carboxylic acid groups (broad SMARTS) is 1. The molecule has 3 aliphatic heterocycles. The molecule has 0 aromatic carbocycles.